The number of likely N-dealkylation sites (N-methyl/N-ethyl adjacent to an activating group) is 1. The van der Waals surface area contributed by atoms with Crippen LogP contribution in [0.1, 0.15) is 163 Å². The van der Waals surface area contributed by atoms with Crippen LogP contribution < -0.4 is 81.0 Å². The van der Waals surface area contributed by atoms with Crippen LogP contribution in [0.15, 0.2) is 30.5 Å². The molecule has 15 amide bonds. The summed E-state index contributed by atoms with van der Waals surface area (Å²) in [4.78, 5) is 277. The van der Waals surface area contributed by atoms with Crippen molar-refractivity contribution >= 4 is 129 Å². The van der Waals surface area contributed by atoms with E-state index in [1.807, 2.05) is 10.6 Å². The van der Waals surface area contributed by atoms with Gasteiger partial charge >= 0.3 is 29.8 Å². The number of aromatic amines is 1. The summed E-state index contributed by atoms with van der Waals surface area (Å²) in [7, 11) is 0.903. The molecule has 43 heteroatoms. The van der Waals surface area contributed by atoms with Crippen LogP contribution in [-0.2, 0) is 107 Å². The molecule has 1 aromatic heterocycles. The van der Waals surface area contributed by atoms with E-state index in [9.17, 15) is 117 Å². The van der Waals surface area contributed by atoms with Crippen LogP contribution in [0.3, 0.4) is 0 Å². The number of amides is 15. The molecule has 0 radical (unpaired) electrons. The zero-order valence-corrected chi connectivity index (χ0v) is 66.0. The number of hydrogen-bond acceptors (Lipinski definition) is 23. The third kappa shape index (κ3) is 33.6. The van der Waals surface area contributed by atoms with Crippen molar-refractivity contribution in [1.29, 1.82) is 0 Å². The Morgan fingerprint density at radius 1 is 0.586 bits per heavy atom. The van der Waals surface area contributed by atoms with Crippen LogP contribution >= 0.6 is 0 Å². The van der Waals surface area contributed by atoms with Crippen LogP contribution in [0.2, 0.25) is 0 Å². The number of nitrogens with two attached hydrogens (primary N) is 3. The molecule has 1 aliphatic heterocycles. The van der Waals surface area contributed by atoms with E-state index in [1.54, 1.807) is 30.5 Å². The number of carboxylic acid groups (broad SMARTS) is 4. The summed E-state index contributed by atoms with van der Waals surface area (Å²) in [5.41, 5.74) is 17.8. The maximum absolute atomic E-state index is 15.0. The van der Waals surface area contributed by atoms with Gasteiger partial charge in [-0.2, -0.15) is 0 Å². The number of nitrogens with one attached hydrogen (secondary N) is 13. The minimum atomic E-state index is -2.80. The summed E-state index contributed by atoms with van der Waals surface area (Å²) < 4.78 is 5.78. The second kappa shape index (κ2) is 49.0. The van der Waals surface area contributed by atoms with E-state index in [2.05, 4.69) is 72.0 Å². The summed E-state index contributed by atoms with van der Waals surface area (Å²) in [6.45, 7) is 7.93. The molecule has 0 saturated carbocycles. The van der Waals surface area contributed by atoms with Gasteiger partial charge in [0, 0.05) is 43.4 Å². The summed E-state index contributed by atoms with van der Waals surface area (Å²) >= 11 is 0. The first-order valence-electron chi connectivity index (χ1n) is 37.9. The first kappa shape index (κ1) is 98.3. The molecule has 16 atom stereocenters. The van der Waals surface area contributed by atoms with Crippen molar-refractivity contribution in [3.63, 3.8) is 0 Å². The van der Waals surface area contributed by atoms with Gasteiger partial charge in [-0.05, 0) is 81.9 Å². The minimum absolute atomic E-state index is 0.0243. The van der Waals surface area contributed by atoms with Gasteiger partial charge in [-0.3, -0.25) is 91.1 Å². The van der Waals surface area contributed by atoms with E-state index in [4.69, 9.17) is 21.9 Å². The average Bonchev–Trinajstić information content (AvgIpc) is 1.40. The van der Waals surface area contributed by atoms with Gasteiger partial charge in [0.25, 0.3) is 0 Å². The molecular formula is C73H111N17O26. The number of H-pyrrole nitrogens is 1. The van der Waals surface area contributed by atoms with Gasteiger partial charge in [0.15, 0.2) is 6.10 Å². The number of carboxylic acids is 4. The molecule has 24 N–H and O–H groups in total. The lowest BCUT2D eigenvalue weighted by atomic mass is 9.94. The molecule has 644 valence electrons. The Morgan fingerprint density at radius 3 is 1.78 bits per heavy atom. The zero-order chi connectivity index (χ0) is 87.4. The van der Waals surface area contributed by atoms with Crippen molar-refractivity contribution < 1.29 is 126 Å². The lowest BCUT2D eigenvalue weighted by Gasteiger charge is -2.33. The molecule has 0 bridgehead atoms. The molecule has 43 nitrogen and oxygen atoms in total. The van der Waals surface area contributed by atoms with Gasteiger partial charge in [0.2, 0.25) is 88.6 Å². The second-order valence-corrected chi connectivity index (χ2v) is 28.7. The van der Waals surface area contributed by atoms with Crippen molar-refractivity contribution in [3.8, 4) is 0 Å². The van der Waals surface area contributed by atoms with Gasteiger partial charge in [0.1, 0.15) is 72.6 Å². The lowest BCUT2D eigenvalue weighted by Crippen LogP contribution is -2.64. The number of rotatable bonds is 37. The smallest absolute Gasteiger partial charge is 0.329 e. The van der Waals surface area contributed by atoms with Crippen LogP contribution in [-0.4, -0.2) is 259 Å². The van der Waals surface area contributed by atoms with Gasteiger partial charge in [-0.15, -0.1) is 0 Å². The third-order valence-corrected chi connectivity index (χ3v) is 19.1. The highest BCUT2D eigenvalue weighted by atomic mass is 16.5. The number of hydrogen-bond donors (Lipinski definition) is 21. The number of carbonyl (C=O) groups excluding carboxylic acids is 16. The molecule has 0 spiro atoms. The molecule has 2 aromatic rings. The number of unbranched alkanes of at least 4 members (excludes halogenated alkanes) is 4. The Bertz CT molecular complexity index is 3860. The average molecular weight is 1640 g/mol. The van der Waals surface area contributed by atoms with E-state index in [-0.39, 0.29) is 45.1 Å². The topological polar surface area (TPSA) is 693 Å². The number of nitrogens with zero attached hydrogens (tertiary/aromatic N) is 1. The van der Waals surface area contributed by atoms with E-state index in [0.717, 1.165) is 53.5 Å². The fourth-order valence-corrected chi connectivity index (χ4v) is 12.0. The number of aliphatic carboxylic acids is 4. The van der Waals surface area contributed by atoms with Crippen molar-refractivity contribution in [2.24, 2.45) is 35.0 Å². The number of cyclic esters (lactones) is 1. The Morgan fingerprint density at radius 2 is 1.17 bits per heavy atom. The number of aliphatic hydroxyl groups is 1. The highest BCUT2D eigenvalue weighted by Crippen LogP contribution is 2.22. The molecule has 2 heterocycles. The Hall–Kier alpha value is -11.9. The van der Waals surface area contributed by atoms with Gasteiger partial charge < -0.3 is 121 Å². The summed E-state index contributed by atoms with van der Waals surface area (Å²) in [6.07, 6.45) is -4.84. The number of aromatic nitrogens is 1. The molecular weight excluding hydrogens is 1530 g/mol. The van der Waals surface area contributed by atoms with Gasteiger partial charge in [0.05, 0.1) is 38.8 Å². The number of fused-ring (bicyclic) bond motifs is 1. The van der Waals surface area contributed by atoms with E-state index >= 15 is 4.79 Å². The lowest BCUT2D eigenvalue weighted by molar-refractivity contribution is -0.159. The van der Waals surface area contributed by atoms with E-state index in [1.165, 1.54) is 13.8 Å². The van der Waals surface area contributed by atoms with Crippen LogP contribution in [0.25, 0.3) is 10.9 Å². The van der Waals surface area contributed by atoms with Crippen LogP contribution in [0.4, 0.5) is 0 Å². The zero-order valence-electron chi connectivity index (χ0n) is 66.0. The molecule has 3 rings (SSSR count). The van der Waals surface area contributed by atoms with Crippen LogP contribution in [0, 0.1) is 17.8 Å². The van der Waals surface area contributed by atoms with Crippen molar-refractivity contribution in [1.82, 2.24) is 73.7 Å². The molecule has 116 heavy (non-hydrogen) atoms. The molecule has 1 fully saturated rings. The largest absolute Gasteiger partial charge is 0.481 e. The maximum Gasteiger partial charge on any atom is 0.329 e. The molecule has 1 saturated heterocycles. The molecule has 1 aliphatic rings. The van der Waals surface area contributed by atoms with Crippen LogP contribution in [0.5, 0.6) is 0 Å². The maximum atomic E-state index is 15.0. The molecule has 0 aliphatic carbocycles. The van der Waals surface area contributed by atoms with Gasteiger partial charge in [-0.1, -0.05) is 91.3 Å². The number of primary amides is 2. The standard InChI is InChI=1S/C73H111N17O26/c1-9-35(3)19-13-11-12-14-23-50(92)80-45(28-40-32-77-42-21-16-15-20-41(40)42)67(109)83-44(24-25-53(95)96)66(108)89-60(61(103)62(76)104)71(113)88-59-39(7)116-73(115)58(36(4)10-2)87-70(112)57(37(5)27-54(97)98)86-69(111)46(29-49(75)91)81-51(93)33-78-64(106)47(30-55(99)100)85-65(107)43(22-17-18-26-74)82-68(110)48(31-56(101)102)84-63(105)38(6)79-52(94)34-90(8)72(59)114/h15-16,20-21,32,35-39,43-48,57-61,77,103H,9-14,17-19,22-31,33-34,74H2,1-8H3,(H2,75,91)(H2,76,104)(H,78,106)(H,79,94)(H,80,92)(H,81,93)(H,82,110)(H,83,109)(H,84,105)(H,85,107)(H,86,111)(H,87,112)(H,88,113)(H,89,108)(H,95,96)(H,97,98)(H,99,100)(H,101,102)/t35-,36-,37+,38-,39+,43+,44+,45-,46+,47-,48-,57+,58-,59-,60-,61-/m0/s1. The number of esters is 1. The predicted octanol–water partition coefficient (Wildman–Crippen LogP) is -5.21. The number of carbonyl (C=O) groups is 20. The first-order valence-corrected chi connectivity index (χ1v) is 37.9. The summed E-state index contributed by atoms with van der Waals surface area (Å²) in [5, 5.41) is 78.1. The second-order valence-electron chi connectivity index (χ2n) is 28.7. The normalized spacial score (nSPS) is 22.1. The van der Waals surface area contributed by atoms with E-state index < -0.39 is 261 Å². The number of ether oxygens (including phenoxy) is 1. The van der Waals surface area contributed by atoms with E-state index in [0.29, 0.717) is 40.1 Å². The fraction of sp³-hybridized carbons (Fsp3) is 0.616. The SMILES string of the molecule is CC[C@H](C)CCCCCCC(=O)N[C@@H](Cc1c[nH]c2ccccc12)C(=O)N[C@H](CCC(=O)O)C(=O)N[C@H](C(=O)N[C@@H]1C(=O)N(C)CC(=O)N[C@@H](C)C(=O)N[C@@H](CC(=O)O)C(=O)N[C@H](CCCCN)C(=O)N[C@@H](CC(=O)O)C(=O)NCC(=O)N[C@H](CC(N)=O)C(=O)N[C@H]([C@H](C)CC(=O)O)C(=O)N[C@@H]([C@@H](C)CC)C(=O)O[C@@H]1C)[C@H](O)C(N)=O. The number of para-hydroxylation sites is 1. The third-order valence-electron chi connectivity index (χ3n) is 19.1. The predicted molar refractivity (Wildman–Crippen MR) is 406 cm³/mol. The summed E-state index contributed by atoms with van der Waals surface area (Å²) in [5.74, 6) is -29.9. The van der Waals surface area contributed by atoms with Crippen molar-refractivity contribution in [2.45, 2.75) is 243 Å². The van der Waals surface area contributed by atoms with Gasteiger partial charge in [-0.25, -0.2) is 4.79 Å². The minimum Gasteiger partial charge on any atom is -0.481 e. The highest BCUT2D eigenvalue weighted by Gasteiger charge is 2.43. The Balaban J connectivity index is 2.28. The first-order chi connectivity index (χ1) is 54.5. The van der Waals surface area contributed by atoms with Crippen molar-refractivity contribution in [3.05, 3.63) is 36.0 Å². The highest BCUT2D eigenvalue weighted by molar-refractivity contribution is 6.02. The number of aliphatic hydroxyl groups excluding tert-OH is 1. The van der Waals surface area contributed by atoms with Crippen molar-refractivity contribution in [2.75, 3.05) is 26.7 Å². The molecule has 1 aromatic carbocycles. The Labute approximate surface area is 667 Å². The molecule has 0 unspecified atom stereocenters. The Kier molecular flexibility index (Phi) is 41.5. The summed E-state index contributed by atoms with van der Waals surface area (Å²) in [6, 6.07) is -15.3. The quantitative estimate of drug-likeness (QED) is 0.0222. The fourth-order valence-electron chi connectivity index (χ4n) is 12.0. The monoisotopic (exact) mass is 1640 g/mol. The number of benzene rings is 1.